The summed E-state index contributed by atoms with van der Waals surface area (Å²) in [6.07, 6.45) is 0. The molecule has 2 aromatic rings. The van der Waals surface area contributed by atoms with E-state index < -0.39 is 63.2 Å². The van der Waals surface area contributed by atoms with Gasteiger partial charge in [-0.15, -0.1) is 0 Å². The summed E-state index contributed by atoms with van der Waals surface area (Å²) >= 11 is 0. The molecule has 0 saturated heterocycles. The number of amides is 3. The molecule has 0 heterocycles. The van der Waals surface area contributed by atoms with Gasteiger partial charge in [0.2, 0.25) is 17.7 Å². The van der Waals surface area contributed by atoms with E-state index in [0.717, 1.165) is 23.1 Å². The van der Waals surface area contributed by atoms with Gasteiger partial charge in [0.25, 0.3) is 0 Å². The molecule has 0 aliphatic carbocycles. The van der Waals surface area contributed by atoms with Crippen molar-refractivity contribution in [3.05, 3.63) is 60.2 Å². The van der Waals surface area contributed by atoms with Crippen molar-refractivity contribution in [3.8, 4) is 0 Å². The molecule has 2 N–H and O–H groups in total. The van der Waals surface area contributed by atoms with Crippen LogP contribution in [0.25, 0.3) is 0 Å². The fraction of sp³-hybridized carbons (Fsp3) is 0.348. The average Bonchev–Trinajstić information content (AvgIpc) is 2.69. The van der Waals surface area contributed by atoms with Crippen molar-refractivity contribution in [1.82, 2.24) is 5.32 Å². The summed E-state index contributed by atoms with van der Waals surface area (Å²) in [5, 5.41) is 5.20. The van der Waals surface area contributed by atoms with Crippen LogP contribution in [-0.4, -0.2) is 45.0 Å². The Hall–Kier alpha value is -3.14. The molecule has 178 valence electrons. The third-order valence-electron chi connectivity index (χ3n) is 4.35. The topological polar surface area (TPSA) is 95.6 Å². The van der Waals surface area contributed by atoms with Crippen molar-refractivity contribution in [2.75, 3.05) is 21.7 Å². The molecule has 33 heavy (non-hydrogen) atoms. The van der Waals surface area contributed by atoms with Crippen LogP contribution in [-0.2, 0) is 25.2 Å². The molecular weight excluding hydrogens is 452 g/mol. The molecule has 0 bridgehead atoms. The molecule has 0 aliphatic heterocycles. The zero-order valence-corrected chi connectivity index (χ0v) is 19.7. The van der Waals surface area contributed by atoms with E-state index >= 15 is 0 Å². The van der Waals surface area contributed by atoms with Crippen molar-refractivity contribution in [1.29, 1.82) is 0 Å². The van der Waals surface area contributed by atoms with Gasteiger partial charge in [-0.05, 0) is 64.1 Å². The lowest BCUT2D eigenvalue weighted by Crippen LogP contribution is -2.54. The molecule has 0 spiro atoms. The van der Waals surface area contributed by atoms with Crippen LogP contribution in [0.4, 0.5) is 20.2 Å². The number of rotatable bonds is 8. The minimum atomic E-state index is -1.94. The summed E-state index contributed by atoms with van der Waals surface area (Å²) in [5.74, 6) is -4.22. The monoisotopic (exact) mass is 479 g/mol. The van der Waals surface area contributed by atoms with Gasteiger partial charge in [-0.1, -0.05) is 12.1 Å². The first kappa shape index (κ1) is 26.1. The number of carbonyl (C=O) groups is 3. The zero-order chi connectivity index (χ0) is 24.8. The molecule has 7 nitrogen and oxygen atoms in total. The Balaban J connectivity index is 2.14. The fourth-order valence-electron chi connectivity index (χ4n) is 2.93. The first-order valence-corrected chi connectivity index (χ1v) is 11.6. The van der Waals surface area contributed by atoms with Crippen LogP contribution < -0.4 is 15.5 Å². The Morgan fingerprint density at radius 3 is 2.18 bits per heavy atom. The first-order chi connectivity index (χ1) is 15.4. The third-order valence-corrected chi connectivity index (χ3v) is 5.50. The lowest BCUT2D eigenvalue weighted by molar-refractivity contribution is -0.126. The van der Waals surface area contributed by atoms with Crippen LogP contribution >= 0.6 is 0 Å². The van der Waals surface area contributed by atoms with E-state index in [2.05, 4.69) is 10.6 Å². The van der Waals surface area contributed by atoms with E-state index in [-0.39, 0.29) is 5.69 Å². The number of hydrogen-bond acceptors (Lipinski definition) is 4. The number of para-hydroxylation sites is 1. The molecule has 0 aliphatic rings. The second kappa shape index (κ2) is 11.1. The molecular formula is C23H27F2N3O4S. The van der Waals surface area contributed by atoms with E-state index in [9.17, 15) is 27.4 Å². The maximum atomic E-state index is 14.5. The van der Waals surface area contributed by atoms with Gasteiger partial charge in [0.05, 0.1) is 5.69 Å². The molecule has 2 aromatic carbocycles. The van der Waals surface area contributed by atoms with Crippen LogP contribution in [0.1, 0.15) is 27.7 Å². The number of carbonyl (C=O) groups excluding carboxylic acids is 3. The molecule has 2 atom stereocenters. The van der Waals surface area contributed by atoms with Gasteiger partial charge in [0, 0.05) is 22.0 Å². The molecule has 2 rings (SSSR count). The third kappa shape index (κ3) is 8.05. The maximum Gasteiger partial charge on any atom is 0.243 e. The number of hydrogen-bond donors (Lipinski definition) is 2. The van der Waals surface area contributed by atoms with Gasteiger partial charge in [-0.25, -0.2) is 8.78 Å². The number of anilines is 2. The standard InChI is InChI=1S/C23H27F2N3O4S/c1-15(22(31)27-23(2,3)4)28(19-8-6-5-7-18(19)25)21(30)14-33(32)13-20(29)26-17-11-9-16(24)10-12-17/h5-12,15H,13-14H2,1-4H3,(H,26,29)(H,27,31)/t15-,33+/m1/s1. The predicted octanol–water partition coefficient (Wildman–Crippen LogP) is 2.99. The SMILES string of the molecule is C[C@H](C(=O)NC(C)(C)C)N(C(=O)C[S@@](=O)CC(=O)Nc1ccc(F)cc1)c1ccccc1F. The van der Waals surface area contributed by atoms with Gasteiger partial charge in [0.15, 0.2) is 0 Å². The highest BCUT2D eigenvalue weighted by Crippen LogP contribution is 2.22. The van der Waals surface area contributed by atoms with Crippen LogP contribution in [0.15, 0.2) is 48.5 Å². The largest absolute Gasteiger partial charge is 0.350 e. The quantitative estimate of drug-likeness (QED) is 0.609. The van der Waals surface area contributed by atoms with Gasteiger partial charge in [-0.3, -0.25) is 23.5 Å². The summed E-state index contributed by atoms with van der Waals surface area (Å²) in [6, 6.07) is 9.36. The predicted molar refractivity (Wildman–Crippen MR) is 124 cm³/mol. The van der Waals surface area contributed by atoms with Crippen LogP contribution in [0.2, 0.25) is 0 Å². The highest BCUT2D eigenvalue weighted by molar-refractivity contribution is 7.86. The van der Waals surface area contributed by atoms with E-state index in [1.165, 1.54) is 37.3 Å². The smallest absolute Gasteiger partial charge is 0.243 e. The Labute approximate surface area is 194 Å². The van der Waals surface area contributed by atoms with Gasteiger partial charge < -0.3 is 10.6 Å². The zero-order valence-electron chi connectivity index (χ0n) is 18.9. The fourth-order valence-corrected chi connectivity index (χ4v) is 3.81. The number of halogens is 2. The van der Waals surface area contributed by atoms with Crippen molar-refractivity contribution in [2.45, 2.75) is 39.3 Å². The number of nitrogens with one attached hydrogen (secondary N) is 2. The summed E-state index contributed by atoms with van der Waals surface area (Å²) < 4.78 is 40.0. The summed E-state index contributed by atoms with van der Waals surface area (Å²) in [5.41, 5.74) is -0.409. The van der Waals surface area contributed by atoms with Gasteiger partial charge >= 0.3 is 0 Å². The van der Waals surface area contributed by atoms with E-state index in [0.29, 0.717) is 5.69 Å². The van der Waals surface area contributed by atoms with E-state index in [1.807, 2.05) is 0 Å². The number of nitrogens with zero attached hydrogens (tertiary/aromatic N) is 1. The second-order valence-corrected chi connectivity index (χ2v) is 9.87. The molecule has 0 saturated carbocycles. The summed E-state index contributed by atoms with van der Waals surface area (Å²) in [4.78, 5) is 38.8. The van der Waals surface area contributed by atoms with Crippen molar-refractivity contribution in [3.63, 3.8) is 0 Å². The summed E-state index contributed by atoms with van der Waals surface area (Å²) in [6.45, 7) is 6.74. The Kier molecular flexibility index (Phi) is 8.81. The number of benzene rings is 2. The van der Waals surface area contributed by atoms with E-state index in [4.69, 9.17) is 0 Å². The lowest BCUT2D eigenvalue weighted by atomic mass is 10.1. The van der Waals surface area contributed by atoms with Crippen molar-refractivity contribution >= 4 is 39.9 Å². The maximum absolute atomic E-state index is 14.5. The Morgan fingerprint density at radius 2 is 1.61 bits per heavy atom. The Bertz CT molecular complexity index is 1040. The normalized spacial score (nSPS) is 13.0. The minimum absolute atomic E-state index is 0.133. The average molecular weight is 480 g/mol. The van der Waals surface area contributed by atoms with Crippen molar-refractivity contribution < 1.29 is 27.4 Å². The second-order valence-electron chi connectivity index (χ2n) is 8.41. The first-order valence-electron chi connectivity index (χ1n) is 10.2. The molecule has 0 aromatic heterocycles. The van der Waals surface area contributed by atoms with Crippen molar-refractivity contribution in [2.24, 2.45) is 0 Å². The summed E-state index contributed by atoms with van der Waals surface area (Å²) in [7, 11) is -1.94. The molecule has 0 fully saturated rings. The minimum Gasteiger partial charge on any atom is -0.350 e. The Morgan fingerprint density at radius 1 is 1.00 bits per heavy atom. The van der Waals surface area contributed by atoms with Crippen LogP contribution in [0.3, 0.4) is 0 Å². The van der Waals surface area contributed by atoms with Crippen LogP contribution in [0.5, 0.6) is 0 Å². The van der Waals surface area contributed by atoms with Crippen LogP contribution in [0, 0.1) is 11.6 Å². The molecule has 3 amide bonds. The molecule has 10 heteroatoms. The van der Waals surface area contributed by atoms with Gasteiger partial charge in [0.1, 0.15) is 29.2 Å². The lowest BCUT2D eigenvalue weighted by Gasteiger charge is -2.31. The van der Waals surface area contributed by atoms with E-state index in [1.54, 1.807) is 20.8 Å². The highest BCUT2D eigenvalue weighted by atomic mass is 32.2. The van der Waals surface area contributed by atoms with Gasteiger partial charge in [-0.2, -0.15) is 0 Å². The molecule has 0 unspecified atom stereocenters. The highest BCUT2D eigenvalue weighted by Gasteiger charge is 2.32. The molecule has 0 radical (unpaired) electrons.